The zero-order valence-corrected chi connectivity index (χ0v) is 13.8. The van der Waals surface area contributed by atoms with E-state index in [0.29, 0.717) is 13.0 Å². The van der Waals surface area contributed by atoms with Crippen LogP contribution in [0.1, 0.15) is 64.9 Å². The molecule has 118 valence electrons. The third-order valence-electron chi connectivity index (χ3n) is 4.00. The van der Waals surface area contributed by atoms with Crippen LogP contribution in [0.25, 0.3) is 0 Å². The van der Waals surface area contributed by atoms with E-state index in [0.717, 1.165) is 23.8 Å². The number of ether oxygens (including phenoxy) is 1. The van der Waals surface area contributed by atoms with Crippen molar-refractivity contribution in [1.82, 2.24) is 0 Å². The summed E-state index contributed by atoms with van der Waals surface area (Å²) in [6, 6.07) is 9.70. The Bertz CT molecular complexity index is 368. The van der Waals surface area contributed by atoms with E-state index in [9.17, 15) is 4.79 Å². The summed E-state index contributed by atoms with van der Waals surface area (Å²) in [7, 11) is 0. The number of benzene rings is 1. The van der Waals surface area contributed by atoms with Gasteiger partial charge in [-0.25, -0.2) is 0 Å². The van der Waals surface area contributed by atoms with E-state index in [1.165, 1.54) is 25.7 Å². The fourth-order valence-electron chi connectivity index (χ4n) is 2.44. The molecule has 0 aliphatic heterocycles. The summed E-state index contributed by atoms with van der Waals surface area (Å²) in [4.78, 5) is 11.0. The van der Waals surface area contributed by atoms with Crippen molar-refractivity contribution in [2.45, 2.75) is 65.9 Å². The van der Waals surface area contributed by atoms with E-state index in [1.807, 2.05) is 37.3 Å². The third kappa shape index (κ3) is 8.54. The van der Waals surface area contributed by atoms with Gasteiger partial charge in [-0.2, -0.15) is 0 Å². The quantitative estimate of drug-likeness (QED) is 0.697. The number of esters is 1. The molecule has 0 aromatic heterocycles. The molecule has 0 spiro atoms. The molecule has 0 N–H and O–H groups in total. The van der Waals surface area contributed by atoms with E-state index in [4.69, 9.17) is 4.74 Å². The maximum absolute atomic E-state index is 11.0. The molecule has 2 nitrogen and oxygen atoms in total. The van der Waals surface area contributed by atoms with E-state index in [2.05, 4.69) is 13.8 Å². The summed E-state index contributed by atoms with van der Waals surface area (Å²) in [5, 5.41) is 0. The number of hydrogen-bond donors (Lipinski definition) is 0. The van der Waals surface area contributed by atoms with E-state index < -0.39 is 0 Å². The molecule has 0 saturated heterocycles. The van der Waals surface area contributed by atoms with Gasteiger partial charge in [0.05, 0.1) is 0 Å². The van der Waals surface area contributed by atoms with Crippen LogP contribution in [0, 0.1) is 11.8 Å². The molecule has 0 heterocycles. The molecule has 1 fully saturated rings. The predicted molar refractivity (Wildman–Crippen MR) is 87.9 cm³/mol. The smallest absolute Gasteiger partial charge is 0.306 e. The summed E-state index contributed by atoms with van der Waals surface area (Å²) >= 11 is 0. The monoisotopic (exact) mass is 290 g/mol. The van der Waals surface area contributed by atoms with Gasteiger partial charge in [-0.15, -0.1) is 0 Å². The number of hydrogen-bond acceptors (Lipinski definition) is 2. The Kier molecular flexibility index (Phi) is 8.80. The van der Waals surface area contributed by atoms with E-state index >= 15 is 0 Å². The molecule has 21 heavy (non-hydrogen) atoms. The van der Waals surface area contributed by atoms with Crippen molar-refractivity contribution in [3.8, 4) is 0 Å². The van der Waals surface area contributed by atoms with Crippen LogP contribution < -0.4 is 0 Å². The first-order valence-electron chi connectivity index (χ1n) is 8.31. The van der Waals surface area contributed by atoms with Crippen LogP contribution in [-0.4, -0.2) is 5.97 Å². The van der Waals surface area contributed by atoms with Crippen LogP contribution in [0.5, 0.6) is 0 Å². The van der Waals surface area contributed by atoms with Gasteiger partial charge in [0, 0.05) is 6.42 Å². The van der Waals surface area contributed by atoms with Crippen LogP contribution >= 0.6 is 0 Å². The maximum Gasteiger partial charge on any atom is 0.306 e. The van der Waals surface area contributed by atoms with Gasteiger partial charge in [-0.3, -0.25) is 4.79 Å². The van der Waals surface area contributed by atoms with Gasteiger partial charge >= 0.3 is 5.97 Å². The highest BCUT2D eigenvalue weighted by molar-refractivity contribution is 5.69. The lowest BCUT2D eigenvalue weighted by Crippen LogP contribution is -2.08. The molecule has 1 aliphatic carbocycles. The first-order chi connectivity index (χ1) is 10.1. The molecule has 0 bridgehead atoms. The molecule has 2 rings (SSSR count). The van der Waals surface area contributed by atoms with Gasteiger partial charge < -0.3 is 4.74 Å². The summed E-state index contributed by atoms with van der Waals surface area (Å²) in [5.41, 5.74) is 1.03. The fourth-order valence-corrected chi connectivity index (χ4v) is 2.44. The van der Waals surface area contributed by atoms with Gasteiger partial charge in [0.25, 0.3) is 0 Å². The molecule has 2 heteroatoms. The van der Waals surface area contributed by atoms with Gasteiger partial charge in [0.1, 0.15) is 6.61 Å². The molecule has 0 atom stereocenters. The lowest BCUT2D eigenvalue weighted by Gasteiger charge is -2.22. The molecule has 1 aliphatic rings. The normalized spacial score (nSPS) is 21.1. The Balaban J connectivity index is 0.000000235. The van der Waals surface area contributed by atoms with Crippen LogP contribution in [0.2, 0.25) is 0 Å². The minimum Gasteiger partial charge on any atom is -0.461 e. The summed E-state index contributed by atoms with van der Waals surface area (Å²) in [6.07, 6.45) is 7.24. The van der Waals surface area contributed by atoms with Crippen LogP contribution in [-0.2, 0) is 16.1 Å². The highest BCUT2D eigenvalue weighted by Crippen LogP contribution is 2.27. The molecule has 0 amide bonds. The Hall–Kier alpha value is -1.31. The minimum atomic E-state index is -0.119. The summed E-state index contributed by atoms with van der Waals surface area (Å²) < 4.78 is 5.03. The van der Waals surface area contributed by atoms with E-state index in [-0.39, 0.29) is 5.97 Å². The second kappa shape index (κ2) is 10.4. The van der Waals surface area contributed by atoms with Crippen molar-refractivity contribution in [2.24, 2.45) is 11.8 Å². The SMILES string of the molecule is CC1CCC(C)CC1.CCCC(=O)OCc1ccccc1. The average molecular weight is 290 g/mol. The average Bonchev–Trinajstić information content (AvgIpc) is 2.50. The number of carbonyl (C=O) groups excluding carboxylic acids is 1. The van der Waals surface area contributed by atoms with Gasteiger partial charge in [-0.1, -0.05) is 76.8 Å². The Morgan fingerprint density at radius 3 is 2.05 bits per heavy atom. The first kappa shape index (κ1) is 17.7. The van der Waals surface area contributed by atoms with E-state index in [1.54, 1.807) is 0 Å². The van der Waals surface area contributed by atoms with Crippen molar-refractivity contribution >= 4 is 5.97 Å². The molecule has 1 aromatic carbocycles. The van der Waals surface area contributed by atoms with Crippen molar-refractivity contribution in [3.63, 3.8) is 0 Å². The standard InChI is InChI=1S/C11H14O2.C8H16/c1-2-6-11(12)13-9-10-7-4-3-5-8-10;1-7-3-5-8(2)6-4-7/h3-5,7-8H,2,6,9H2,1H3;7-8H,3-6H2,1-2H3. The topological polar surface area (TPSA) is 26.3 Å². The third-order valence-corrected chi connectivity index (χ3v) is 4.00. The van der Waals surface area contributed by atoms with Crippen molar-refractivity contribution in [3.05, 3.63) is 35.9 Å². The predicted octanol–water partition coefficient (Wildman–Crippen LogP) is 5.36. The zero-order chi connectivity index (χ0) is 15.5. The lowest BCUT2D eigenvalue weighted by atomic mass is 9.84. The highest BCUT2D eigenvalue weighted by atomic mass is 16.5. The molecule has 1 aromatic rings. The Morgan fingerprint density at radius 2 is 1.57 bits per heavy atom. The number of carbonyl (C=O) groups is 1. The summed E-state index contributed by atoms with van der Waals surface area (Å²) in [6.45, 7) is 7.08. The van der Waals surface area contributed by atoms with Crippen molar-refractivity contribution in [1.29, 1.82) is 0 Å². The second-order valence-electron chi connectivity index (χ2n) is 6.26. The van der Waals surface area contributed by atoms with Gasteiger partial charge in [0.2, 0.25) is 0 Å². The lowest BCUT2D eigenvalue weighted by molar-refractivity contribution is -0.144. The Labute approximate surface area is 129 Å². The molecular formula is C19H30O2. The minimum absolute atomic E-state index is 0.119. The van der Waals surface area contributed by atoms with Gasteiger partial charge in [-0.05, 0) is 23.8 Å². The van der Waals surface area contributed by atoms with Crippen molar-refractivity contribution in [2.75, 3.05) is 0 Å². The van der Waals surface area contributed by atoms with Crippen LogP contribution in [0.15, 0.2) is 30.3 Å². The fraction of sp³-hybridized carbons (Fsp3) is 0.632. The molecule has 0 radical (unpaired) electrons. The molecule has 1 saturated carbocycles. The zero-order valence-electron chi connectivity index (χ0n) is 13.8. The summed E-state index contributed by atoms with van der Waals surface area (Å²) in [5.74, 6) is 1.92. The van der Waals surface area contributed by atoms with Crippen LogP contribution in [0.4, 0.5) is 0 Å². The maximum atomic E-state index is 11.0. The highest BCUT2D eigenvalue weighted by Gasteiger charge is 2.13. The molecular weight excluding hydrogens is 260 g/mol. The van der Waals surface area contributed by atoms with Crippen LogP contribution in [0.3, 0.4) is 0 Å². The first-order valence-corrected chi connectivity index (χ1v) is 8.31. The second-order valence-corrected chi connectivity index (χ2v) is 6.26. The molecule has 0 unspecified atom stereocenters. The number of rotatable bonds is 4. The van der Waals surface area contributed by atoms with Gasteiger partial charge in [0.15, 0.2) is 0 Å². The van der Waals surface area contributed by atoms with Crippen molar-refractivity contribution < 1.29 is 9.53 Å². The Morgan fingerprint density at radius 1 is 1.05 bits per heavy atom. The largest absolute Gasteiger partial charge is 0.461 e.